The maximum Gasteiger partial charge on any atom is 0.292 e. The normalized spacial score (nSPS) is 16.5. The number of carbonyl (C=O) groups is 1. The molecule has 6 nitrogen and oxygen atoms in total. The van der Waals surface area contributed by atoms with Crippen molar-refractivity contribution < 1.29 is 4.79 Å². The lowest BCUT2D eigenvalue weighted by atomic mass is 10.0. The Balaban J connectivity index is 1.59. The first-order chi connectivity index (χ1) is 7.86. The Morgan fingerprint density at radius 1 is 1.44 bits per heavy atom. The van der Waals surface area contributed by atoms with Crippen molar-refractivity contribution in [2.24, 2.45) is 5.92 Å². The lowest BCUT2D eigenvalue weighted by Crippen LogP contribution is -2.25. The van der Waals surface area contributed by atoms with Crippen LogP contribution in [0.15, 0.2) is 0 Å². The van der Waals surface area contributed by atoms with Crippen molar-refractivity contribution in [1.82, 2.24) is 25.9 Å². The molecule has 1 saturated carbocycles. The molecular formula is C10H17N5O. The van der Waals surface area contributed by atoms with E-state index >= 15 is 0 Å². The van der Waals surface area contributed by atoms with Crippen LogP contribution < -0.4 is 5.32 Å². The number of hydrogen-bond acceptors (Lipinski definition) is 4. The molecule has 0 saturated heterocycles. The molecule has 6 heteroatoms. The summed E-state index contributed by atoms with van der Waals surface area (Å²) in [5.41, 5.74) is 0. The SMILES string of the molecule is O=C(NCCCC1CCCC1)c1nn[nH]n1. The third-order valence-corrected chi connectivity index (χ3v) is 3.10. The Hall–Kier alpha value is -1.46. The highest BCUT2D eigenvalue weighted by molar-refractivity contribution is 5.89. The van der Waals surface area contributed by atoms with Gasteiger partial charge in [0.15, 0.2) is 0 Å². The van der Waals surface area contributed by atoms with Crippen LogP contribution in [0, 0.1) is 5.92 Å². The van der Waals surface area contributed by atoms with E-state index in [-0.39, 0.29) is 11.7 Å². The fraction of sp³-hybridized carbons (Fsp3) is 0.800. The van der Waals surface area contributed by atoms with Crippen LogP contribution in [-0.2, 0) is 0 Å². The van der Waals surface area contributed by atoms with Gasteiger partial charge in [-0.15, -0.1) is 10.2 Å². The zero-order valence-corrected chi connectivity index (χ0v) is 9.28. The number of aromatic nitrogens is 4. The van der Waals surface area contributed by atoms with Gasteiger partial charge in [-0.25, -0.2) is 0 Å². The third-order valence-electron chi connectivity index (χ3n) is 3.10. The van der Waals surface area contributed by atoms with Gasteiger partial charge in [0.2, 0.25) is 0 Å². The zero-order chi connectivity index (χ0) is 11.2. The Kier molecular flexibility index (Phi) is 3.85. The van der Waals surface area contributed by atoms with Crippen LogP contribution in [0.2, 0.25) is 0 Å². The highest BCUT2D eigenvalue weighted by Crippen LogP contribution is 2.28. The average molecular weight is 223 g/mol. The van der Waals surface area contributed by atoms with Crippen molar-refractivity contribution in [2.45, 2.75) is 38.5 Å². The van der Waals surface area contributed by atoms with Gasteiger partial charge in [0.05, 0.1) is 0 Å². The van der Waals surface area contributed by atoms with E-state index in [1.807, 2.05) is 0 Å². The van der Waals surface area contributed by atoms with Gasteiger partial charge in [-0.05, 0) is 24.0 Å². The van der Waals surface area contributed by atoms with Crippen LogP contribution in [0.4, 0.5) is 0 Å². The van der Waals surface area contributed by atoms with E-state index in [2.05, 4.69) is 25.9 Å². The topological polar surface area (TPSA) is 83.6 Å². The highest BCUT2D eigenvalue weighted by Gasteiger charge is 2.14. The van der Waals surface area contributed by atoms with Crippen molar-refractivity contribution in [3.63, 3.8) is 0 Å². The van der Waals surface area contributed by atoms with Crippen LogP contribution in [0.5, 0.6) is 0 Å². The number of amides is 1. The quantitative estimate of drug-likeness (QED) is 0.726. The molecule has 0 aromatic carbocycles. The van der Waals surface area contributed by atoms with Crippen LogP contribution in [-0.4, -0.2) is 33.1 Å². The molecule has 1 aliphatic rings. The molecule has 1 aliphatic carbocycles. The predicted octanol–water partition coefficient (Wildman–Crippen LogP) is 0.900. The van der Waals surface area contributed by atoms with Gasteiger partial charge < -0.3 is 5.32 Å². The van der Waals surface area contributed by atoms with Crippen LogP contribution in [0.25, 0.3) is 0 Å². The van der Waals surface area contributed by atoms with Crippen molar-refractivity contribution in [3.05, 3.63) is 5.82 Å². The highest BCUT2D eigenvalue weighted by atomic mass is 16.2. The number of hydrogen-bond donors (Lipinski definition) is 2. The molecule has 0 atom stereocenters. The van der Waals surface area contributed by atoms with E-state index in [1.54, 1.807) is 0 Å². The Morgan fingerprint density at radius 2 is 2.25 bits per heavy atom. The number of carbonyl (C=O) groups excluding carboxylic acids is 1. The minimum atomic E-state index is -0.250. The largest absolute Gasteiger partial charge is 0.349 e. The van der Waals surface area contributed by atoms with E-state index in [1.165, 1.54) is 32.1 Å². The third kappa shape index (κ3) is 3.01. The monoisotopic (exact) mass is 223 g/mol. The number of rotatable bonds is 5. The fourth-order valence-electron chi connectivity index (χ4n) is 2.23. The summed E-state index contributed by atoms with van der Waals surface area (Å²) < 4.78 is 0. The Bertz CT molecular complexity index is 318. The van der Waals surface area contributed by atoms with Gasteiger partial charge in [0.25, 0.3) is 11.7 Å². The first-order valence-corrected chi connectivity index (χ1v) is 5.88. The van der Waals surface area contributed by atoms with Gasteiger partial charge in [-0.2, -0.15) is 5.21 Å². The Labute approximate surface area is 94.2 Å². The standard InChI is InChI=1S/C10H17N5O/c16-10(9-12-14-15-13-9)11-7-3-6-8-4-1-2-5-8/h8H,1-7H2,(H,11,16)(H,12,13,14,15). The number of tetrazole rings is 1. The van der Waals surface area contributed by atoms with Gasteiger partial charge in [0.1, 0.15) is 0 Å². The minimum absolute atomic E-state index is 0.112. The van der Waals surface area contributed by atoms with Crippen LogP contribution in [0.1, 0.15) is 49.1 Å². The molecule has 0 unspecified atom stereocenters. The van der Waals surface area contributed by atoms with E-state index in [0.29, 0.717) is 6.54 Å². The number of nitrogens with zero attached hydrogens (tertiary/aromatic N) is 3. The van der Waals surface area contributed by atoms with Crippen molar-refractivity contribution in [3.8, 4) is 0 Å². The summed E-state index contributed by atoms with van der Waals surface area (Å²) >= 11 is 0. The molecule has 1 fully saturated rings. The van der Waals surface area contributed by atoms with Gasteiger partial charge in [0, 0.05) is 6.54 Å². The average Bonchev–Trinajstić information content (AvgIpc) is 2.96. The summed E-state index contributed by atoms with van der Waals surface area (Å²) in [5.74, 6) is 0.739. The molecule has 88 valence electrons. The molecule has 1 aromatic heterocycles. The molecule has 16 heavy (non-hydrogen) atoms. The van der Waals surface area contributed by atoms with Gasteiger partial charge in [-0.1, -0.05) is 25.7 Å². The van der Waals surface area contributed by atoms with Crippen molar-refractivity contribution >= 4 is 5.91 Å². The van der Waals surface area contributed by atoms with E-state index in [9.17, 15) is 4.79 Å². The molecule has 0 spiro atoms. The number of aromatic amines is 1. The first kappa shape index (κ1) is 11.0. The molecule has 0 bridgehead atoms. The summed E-state index contributed by atoms with van der Waals surface area (Å²) in [6.45, 7) is 0.698. The van der Waals surface area contributed by atoms with E-state index in [4.69, 9.17) is 0 Å². The minimum Gasteiger partial charge on any atom is -0.349 e. The fourth-order valence-corrected chi connectivity index (χ4v) is 2.23. The summed E-state index contributed by atoms with van der Waals surface area (Å²) in [7, 11) is 0. The first-order valence-electron chi connectivity index (χ1n) is 5.88. The molecule has 2 N–H and O–H groups in total. The molecule has 1 heterocycles. The molecule has 1 aromatic rings. The summed E-state index contributed by atoms with van der Waals surface area (Å²) in [4.78, 5) is 11.4. The second-order valence-electron chi connectivity index (χ2n) is 4.28. The molecule has 2 rings (SSSR count). The van der Waals surface area contributed by atoms with Crippen molar-refractivity contribution in [2.75, 3.05) is 6.54 Å². The summed E-state index contributed by atoms with van der Waals surface area (Å²) in [6.07, 6.45) is 7.72. The number of H-pyrrole nitrogens is 1. The molecule has 1 amide bonds. The maximum atomic E-state index is 11.4. The Morgan fingerprint density at radius 3 is 2.94 bits per heavy atom. The number of nitrogens with one attached hydrogen (secondary N) is 2. The smallest absolute Gasteiger partial charge is 0.292 e. The van der Waals surface area contributed by atoms with Crippen molar-refractivity contribution in [1.29, 1.82) is 0 Å². The van der Waals surface area contributed by atoms with E-state index < -0.39 is 0 Å². The van der Waals surface area contributed by atoms with Gasteiger partial charge >= 0.3 is 0 Å². The van der Waals surface area contributed by atoms with Gasteiger partial charge in [-0.3, -0.25) is 4.79 Å². The zero-order valence-electron chi connectivity index (χ0n) is 9.28. The molecule has 0 radical (unpaired) electrons. The summed E-state index contributed by atoms with van der Waals surface area (Å²) in [6, 6.07) is 0. The van der Waals surface area contributed by atoms with E-state index in [0.717, 1.165) is 12.3 Å². The lowest BCUT2D eigenvalue weighted by Gasteiger charge is -2.08. The second-order valence-corrected chi connectivity index (χ2v) is 4.28. The lowest BCUT2D eigenvalue weighted by molar-refractivity contribution is 0.0942. The molecular weight excluding hydrogens is 206 g/mol. The maximum absolute atomic E-state index is 11.4. The van der Waals surface area contributed by atoms with Crippen LogP contribution >= 0.6 is 0 Å². The van der Waals surface area contributed by atoms with Crippen LogP contribution in [0.3, 0.4) is 0 Å². The second kappa shape index (κ2) is 5.58. The molecule has 0 aliphatic heterocycles. The predicted molar refractivity (Wildman–Crippen MR) is 57.7 cm³/mol. The summed E-state index contributed by atoms with van der Waals surface area (Å²) in [5, 5.41) is 15.6.